The highest BCUT2D eigenvalue weighted by atomic mass is 32.1. The molecule has 1 aliphatic carbocycles. The molecule has 1 fully saturated rings. The van der Waals surface area contributed by atoms with Crippen LogP contribution < -0.4 is 5.32 Å². The number of carbonyl (C=O) groups is 2. The van der Waals surface area contributed by atoms with E-state index in [1.807, 2.05) is 30.5 Å². The number of thiophene rings is 1. The van der Waals surface area contributed by atoms with E-state index < -0.39 is 5.54 Å². The van der Waals surface area contributed by atoms with Gasteiger partial charge in [0.1, 0.15) is 11.2 Å². The molecule has 1 aromatic carbocycles. The molecule has 2 amide bonds. The number of rotatable bonds is 6. The van der Waals surface area contributed by atoms with Crippen molar-refractivity contribution in [1.82, 2.24) is 20.0 Å². The number of fused-ring (bicyclic) bond motifs is 1. The van der Waals surface area contributed by atoms with E-state index >= 15 is 0 Å². The van der Waals surface area contributed by atoms with E-state index in [2.05, 4.69) is 36.5 Å². The van der Waals surface area contributed by atoms with Gasteiger partial charge in [-0.15, -0.1) is 11.3 Å². The Morgan fingerprint density at radius 1 is 1.14 bits per heavy atom. The third kappa shape index (κ3) is 4.79. The predicted molar refractivity (Wildman–Crippen MR) is 139 cm³/mol. The zero-order valence-corrected chi connectivity index (χ0v) is 21.4. The normalized spacial score (nSPS) is 21.0. The van der Waals surface area contributed by atoms with Gasteiger partial charge >= 0.3 is 0 Å². The molecule has 0 unspecified atom stereocenters. The molecule has 5 rings (SSSR count). The van der Waals surface area contributed by atoms with Crippen LogP contribution in [-0.2, 0) is 24.3 Å². The van der Waals surface area contributed by atoms with Crippen LogP contribution in [0.1, 0.15) is 73.3 Å². The Kier molecular flexibility index (Phi) is 6.78. The van der Waals surface area contributed by atoms with Crippen LogP contribution in [0.2, 0.25) is 0 Å². The van der Waals surface area contributed by atoms with Gasteiger partial charge in [0.2, 0.25) is 5.91 Å². The van der Waals surface area contributed by atoms with Crippen LogP contribution in [0.15, 0.2) is 47.8 Å². The largest absolute Gasteiger partial charge is 0.351 e. The minimum absolute atomic E-state index is 0.0793. The summed E-state index contributed by atoms with van der Waals surface area (Å²) in [6.07, 6.45) is 7.73. The van der Waals surface area contributed by atoms with Crippen LogP contribution in [0.4, 0.5) is 0 Å². The number of hydrogen-bond donors (Lipinski definition) is 1. The highest BCUT2D eigenvalue weighted by Gasteiger charge is 2.48. The van der Waals surface area contributed by atoms with Gasteiger partial charge in [0.15, 0.2) is 0 Å². The monoisotopic (exact) mass is 490 g/mol. The standard InChI is InChI=1S/C28H34N4O2S/c1-3-20-12-14-21(15-13-20)24-17-25-26(33)31(18-23-11-8-16-35-23)28(2,19-32(25)30-24)27(34)29-22-9-6-4-5-7-10-22/h8,11-17,22H,3-7,9-10,18-19H2,1-2H3,(H,29,34)/t28-/m1/s1. The summed E-state index contributed by atoms with van der Waals surface area (Å²) in [4.78, 5) is 30.5. The van der Waals surface area contributed by atoms with Gasteiger partial charge in [-0.3, -0.25) is 14.3 Å². The lowest BCUT2D eigenvalue weighted by Crippen LogP contribution is -2.64. The SMILES string of the molecule is CCc1ccc(-c2cc3n(n2)C[C@](C)(C(=O)NC2CCCCCC2)N(Cc2cccs2)C3=O)cc1. The van der Waals surface area contributed by atoms with Crippen molar-refractivity contribution in [3.8, 4) is 11.3 Å². The van der Waals surface area contributed by atoms with Crippen LogP contribution >= 0.6 is 11.3 Å². The fraction of sp³-hybridized carbons (Fsp3) is 0.464. The summed E-state index contributed by atoms with van der Waals surface area (Å²) < 4.78 is 1.74. The highest BCUT2D eigenvalue weighted by molar-refractivity contribution is 7.09. The number of aryl methyl sites for hydroxylation is 1. The van der Waals surface area contributed by atoms with Crippen LogP contribution in [-0.4, -0.2) is 38.1 Å². The second-order valence-electron chi connectivity index (χ2n) is 10.0. The first-order valence-electron chi connectivity index (χ1n) is 12.8. The summed E-state index contributed by atoms with van der Waals surface area (Å²) >= 11 is 1.61. The molecule has 3 aromatic rings. The number of carbonyl (C=O) groups excluding carboxylic acids is 2. The molecule has 1 aliphatic heterocycles. The van der Waals surface area contributed by atoms with Gasteiger partial charge in [-0.05, 0) is 49.3 Å². The summed E-state index contributed by atoms with van der Waals surface area (Å²) in [5.41, 5.74) is 2.52. The third-order valence-electron chi connectivity index (χ3n) is 7.53. The molecule has 1 atom stereocenters. The molecule has 0 bridgehead atoms. The third-order valence-corrected chi connectivity index (χ3v) is 8.39. The fourth-order valence-corrected chi connectivity index (χ4v) is 5.96. The fourth-order valence-electron chi connectivity index (χ4n) is 5.26. The number of benzene rings is 1. The van der Waals surface area contributed by atoms with Crippen molar-refractivity contribution in [2.45, 2.75) is 83.5 Å². The number of nitrogens with zero attached hydrogens (tertiary/aromatic N) is 3. The van der Waals surface area contributed by atoms with E-state index in [0.717, 1.165) is 48.2 Å². The molecule has 0 radical (unpaired) electrons. The molecule has 1 N–H and O–H groups in total. The number of hydrogen-bond acceptors (Lipinski definition) is 4. The summed E-state index contributed by atoms with van der Waals surface area (Å²) in [6, 6.07) is 14.4. The Labute approximate surface area is 211 Å². The van der Waals surface area contributed by atoms with E-state index in [9.17, 15) is 9.59 Å². The molecular weight excluding hydrogens is 456 g/mol. The Morgan fingerprint density at radius 2 is 1.89 bits per heavy atom. The zero-order chi connectivity index (χ0) is 24.4. The van der Waals surface area contributed by atoms with E-state index in [0.29, 0.717) is 18.8 Å². The van der Waals surface area contributed by atoms with Gasteiger partial charge in [0.25, 0.3) is 5.91 Å². The number of amides is 2. The Bertz CT molecular complexity index is 1180. The first-order chi connectivity index (χ1) is 17.0. The highest BCUT2D eigenvalue weighted by Crippen LogP contribution is 2.32. The van der Waals surface area contributed by atoms with Crippen molar-refractivity contribution in [3.63, 3.8) is 0 Å². The molecule has 184 valence electrons. The molecule has 7 heteroatoms. The molecule has 35 heavy (non-hydrogen) atoms. The van der Waals surface area contributed by atoms with Crippen LogP contribution in [0.5, 0.6) is 0 Å². The van der Waals surface area contributed by atoms with Crippen LogP contribution in [0.3, 0.4) is 0 Å². The smallest absolute Gasteiger partial charge is 0.273 e. The molecule has 0 spiro atoms. The molecular formula is C28H34N4O2S. The van der Waals surface area contributed by atoms with Crippen molar-refractivity contribution < 1.29 is 9.59 Å². The Hall–Kier alpha value is -2.93. The minimum atomic E-state index is -1.02. The lowest BCUT2D eigenvalue weighted by atomic mass is 9.93. The Morgan fingerprint density at radius 3 is 2.54 bits per heavy atom. The summed E-state index contributed by atoms with van der Waals surface area (Å²) in [5, 5.41) is 10.1. The average Bonchev–Trinajstić information content (AvgIpc) is 3.46. The van der Waals surface area contributed by atoms with E-state index in [4.69, 9.17) is 5.10 Å². The van der Waals surface area contributed by atoms with Gasteiger partial charge in [0, 0.05) is 16.5 Å². The van der Waals surface area contributed by atoms with Gasteiger partial charge in [-0.2, -0.15) is 5.10 Å². The van der Waals surface area contributed by atoms with Crippen molar-refractivity contribution in [3.05, 3.63) is 64.0 Å². The molecule has 6 nitrogen and oxygen atoms in total. The Balaban J connectivity index is 1.47. The topological polar surface area (TPSA) is 67.2 Å². The predicted octanol–water partition coefficient (Wildman–Crippen LogP) is 5.43. The van der Waals surface area contributed by atoms with Gasteiger partial charge in [-0.25, -0.2) is 0 Å². The maximum absolute atomic E-state index is 13.8. The van der Waals surface area contributed by atoms with Gasteiger partial charge < -0.3 is 10.2 Å². The first-order valence-corrected chi connectivity index (χ1v) is 13.7. The minimum Gasteiger partial charge on any atom is -0.351 e. The maximum atomic E-state index is 13.8. The van der Waals surface area contributed by atoms with Crippen molar-refractivity contribution in [2.24, 2.45) is 0 Å². The quantitative estimate of drug-likeness (QED) is 0.469. The summed E-state index contributed by atoms with van der Waals surface area (Å²) in [5.74, 6) is -0.226. The maximum Gasteiger partial charge on any atom is 0.273 e. The lowest BCUT2D eigenvalue weighted by Gasteiger charge is -2.43. The molecule has 0 saturated heterocycles. The average molecular weight is 491 g/mol. The molecule has 1 saturated carbocycles. The van der Waals surface area contributed by atoms with E-state index in [1.54, 1.807) is 20.9 Å². The van der Waals surface area contributed by atoms with Gasteiger partial charge in [-0.1, -0.05) is 62.9 Å². The van der Waals surface area contributed by atoms with Crippen LogP contribution in [0.25, 0.3) is 11.3 Å². The molecule has 2 aliphatic rings. The van der Waals surface area contributed by atoms with Crippen molar-refractivity contribution in [1.29, 1.82) is 0 Å². The molecule has 2 aromatic heterocycles. The van der Waals surface area contributed by atoms with Crippen LogP contribution in [0, 0.1) is 0 Å². The lowest BCUT2D eigenvalue weighted by molar-refractivity contribution is -0.134. The summed E-state index contributed by atoms with van der Waals surface area (Å²) in [6.45, 7) is 4.78. The van der Waals surface area contributed by atoms with Crippen molar-refractivity contribution in [2.75, 3.05) is 0 Å². The number of aromatic nitrogens is 2. The van der Waals surface area contributed by atoms with Crippen molar-refractivity contribution >= 4 is 23.2 Å². The molecule has 3 heterocycles. The summed E-state index contributed by atoms with van der Waals surface area (Å²) in [7, 11) is 0. The second kappa shape index (κ2) is 9.97. The zero-order valence-electron chi connectivity index (χ0n) is 20.6. The van der Waals surface area contributed by atoms with E-state index in [1.165, 1.54) is 18.4 Å². The number of nitrogens with one attached hydrogen (secondary N) is 1. The second-order valence-corrected chi connectivity index (χ2v) is 11.1. The first kappa shape index (κ1) is 23.8. The van der Waals surface area contributed by atoms with Gasteiger partial charge in [0.05, 0.1) is 18.8 Å². The van der Waals surface area contributed by atoms with E-state index in [-0.39, 0.29) is 17.9 Å².